The quantitative estimate of drug-likeness (QED) is 0.576. The number of para-hydroxylation sites is 1. The summed E-state index contributed by atoms with van der Waals surface area (Å²) in [4.78, 5) is 27.3. The van der Waals surface area contributed by atoms with Crippen LogP contribution in [0, 0.1) is 0 Å². The number of hydrazine groups is 1. The van der Waals surface area contributed by atoms with E-state index >= 15 is 0 Å². The molecule has 1 aliphatic rings. The number of rotatable bonds is 3. The van der Waals surface area contributed by atoms with E-state index in [0.717, 1.165) is 0 Å². The normalized spacial score (nSPS) is 15.9. The Morgan fingerprint density at radius 2 is 1.93 bits per heavy atom. The molecule has 1 aliphatic heterocycles. The number of halogens is 2. The summed E-state index contributed by atoms with van der Waals surface area (Å²) in [7, 11) is 0. The SMILES string of the molecule is O=C(O)c1[nH]c2cc(Cl)cc(Cl)c2c1C=C1CNN(c2ccccc2)C1=O. The van der Waals surface area contributed by atoms with Crippen LogP contribution in [0.1, 0.15) is 16.1 Å². The smallest absolute Gasteiger partial charge is 0.352 e. The Morgan fingerprint density at radius 3 is 2.63 bits per heavy atom. The van der Waals surface area contributed by atoms with E-state index in [2.05, 4.69) is 10.4 Å². The summed E-state index contributed by atoms with van der Waals surface area (Å²) in [5, 5.41) is 12.2. The highest BCUT2D eigenvalue weighted by atomic mass is 35.5. The highest BCUT2D eigenvalue weighted by molar-refractivity contribution is 6.39. The predicted octanol–water partition coefficient (Wildman–Crippen LogP) is 4.11. The molecular formula is C19H13Cl2N3O3. The van der Waals surface area contributed by atoms with Gasteiger partial charge in [-0.25, -0.2) is 15.2 Å². The first-order valence-corrected chi connectivity index (χ1v) is 8.79. The maximum atomic E-state index is 12.8. The minimum atomic E-state index is -1.15. The van der Waals surface area contributed by atoms with Gasteiger partial charge in [0.1, 0.15) is 5.69 Å². The fraction of sp³-hybridized carbons (Fsp3) is 0.0526. The molecule has 6 nitrogen and oxygen atoms in total. The van der Waals surface area contributed by atoms with Crippen LogP contribution in [0.4, 0.5) is 5.69 Å². The molecule has 2 aromatic carbocycles. The summed E-state index contributed by atoms with van der Waals surface area (Å²) in [5.41, 5.74) is 4.93. The fourth-order valence-corrected chi connectivity index (χ4v) is 3.71. The van der Waals surface area contributed by atoms with Crippen molar-refractivity contribution >= 4 is 57.7 Å². The highest BCUT2D eigenvalue weighted by Gasteiger charge is 2.28. The molecule has 27 heavy (non-hydrogen) atoms. The lowest BCUT2D eigenvalue weighted by atomic mass is 10.1. The van der Waals surface area contributed by atoms with Crippen molar-refractivity contribution in [3.8, 4) is 0 Å². The van der Waals surface area contributed by atoms with Crippen molar-refractivity contribution in [2.45, 2.75) is 0 Å². The van der Waals surface area contributed by atoms with E-state index in [9.17, 15) is 14.7 Å². The summed E-state index contributed by atoms with van der Waals surface area (Å²) >= 11 is 12.3. The average molecular weight is 402 g/mol. The molecular weight excluding hydrogens is 389 g/mol. The van der Waals surface area contributed by atoms with Gasteiger partial charge in [-0.3, -0.25) is 4.79 Å². The number of aromatic carboxylic acids is 1. The van der Waals surface area contributed by atoms with E-state index in [1.165, 1.54) is 11.1 Å². The van der Waals surface area contributed by atoms with Crippen LogP contribution in [0.5, 0.6) is 0 Å². The molecule has 1 fully saturated rings. The van der Waals surface area contributed by atoms with Gasteiger partial charge in [0, 0.05) is 33.6 Å². The minimum absolute atomic E-state index is 0.0485. The predicted molar refractivity (Wildman–Crippen MR) is 105 cm³/mol. The second-order valence-corrected chi connectivity index (χ2v) is 6.85. The van der Waals surface area contributed by atoms with Crippen LogP contribution in [0.25, 0.3) is 17.0 Å². The van der Waals surface area contributed by atoms with Crippen LogP contribution in [0.15, 0.2) is 48.0 Å². The second kappa shape index (κ2) is 6.74. The molecule has 0 radical (unpaired) electrons. The van der Waals surface area contributed by atoms with Gasteiger partial charge < -0.3 is 10.1 Å². The number of aromatic amines is 1. The summed E-state index contributed by atoms with van der Waals surface area (Å²) in [5.74, 6) is -1.40. The zero-order valence-corrected chi connectivity index (χ0v) is 15.3. The van der Waals surface area contributed by atoms with Crippen LogP contribution in [-0.4, -0.2) is 28.5 Å². The third-order valence-corrected chi connectivity index (χ3v) is 4.82. The highest BCUT2D eigenvalue weighted by Crippen LogP contribution is 2.34. The maximum absolute atomic E-state index is 12.8. The van der Waals surface area contributed by atoms with Crippen molar-refractivity contribution < 1.29 is 14.7 Å². The van der Waals surface area contributed by atoms with Gasteiger partial charge in [-0.2, -0.15) is 0 Å². The number of nitrogens with one attached hydrogen (secondary N) is 2. The maximum Gasteiger partial charge on any atom is 0.352 e. The van der Waals surface area contributed by atoms with E-state index < -0.39 is 5.97 Å². The second-order valence-electron chi connectivity index (χ2n) is 6.01. The van der Waals surface area contributed by atoms with Crippen LogP contribution in [-0.2, 0) is 4.79 Å². The van der Waals surface area contributed by atoms with Gasteiger partial charge in [0.2, 0.25) is 0 Å². The van der Waals surface area contributed by atoms with Crippen molar-refractivity contribution in [1.29, 1.82) is 0 Å². The van der Waals surface area contributed by atoms with Crippen molar-refractivity contribution in [3.63, 3.8) is 0 Å². The summed E-state index contributed by atoms with van der Waals surface area (Å²) in [6.07, 6.45) is 1.56. The number of carboxylic acid groups (broad SMARTS) is 1. The van der Waals surface area contributed by atoms with Crippen molar-refractivity contribution in [1.82, 2.24) is 10.4 Å². The van der Waals surface area contributed by atoms with E-state index in [4.69, 9.17) is 23.2 Å². The first-order valence-electron chi connectivity index (χ1n) is 8.03. The first kappa shape index (κ1) is 17.6. The molecule has 0 atom stereocenters. The molecule has 1 saturated heterocycles. The fourth-order valence-electron chi connectivity index (χ4n) is 3.11. The summed E-state index contributed by atoms with van der Waals surface area (Å²) < 4.78 is 0. The molecule has 1 amide bonds. The number of H-pyrrole nitrogens is 1. The van der Waals surface area contributed by atoms with Crippen LogP contribution >= 0.6 is 23.2 Å². The van der Waals surface area contributed by atoms with E-state index in [0.29, 0.717) is 37.8 Å². The lowest BCUT2D eigenvalue weighted by Crippen LogP contribution is -2.33. The Hall–Kier alpha value is -2.80. The minimum Gasteiger partial charge on any atom is -0.477 e. The van der Waals surface area contributed by atoms with Gasteiger partial charge in [-0.1, -0.05) is 41.4 Å². The molecule has 3 aromatic rings. The van der Waals surface area contributed by atoms with Crippen molar-refractivity contribution in [2.24, 2.45) is 0 Å². The molecule has 8 heteroatoms. The number of aromatic nitrogens is 1. The molecule has 1 aromatic heterocycles. The number of amides is 1. The van der Waals surface area contributed by atoms with Gasteiger partial charge in [-0.05, 0) is 30.3 Å². The van der Waals surface area contributed by atoms with Gasteiger partial charge in [0.25, 0.3) is 5.91 Å². The van der Waals surface area contributed by atoms with Gasteiger partial charge >= 0.3 is 5.97 Å². The molecule has 0 unspecified atom stereocenters. The van der Waals surface area contributed by atoms with Crippen molar-refractivity contribution in [3.05, 3.63) is 69.3 Å². The van der Waals surface area contributed by atoms with Gasteiger partial charge in [0.15, 0.2) is 0 Å². The number of hydrogen-bond donors (Lipinski definition) is 3. The van der Waals surface area contributed by atoms with Crippen LogP contribution in [0.2, 0.25) is 10.0 Å². The Kier molecular flexibility index (Phi) is 4.39. The number of anilines is 1. The molecule has 2 heterocycles. The molecule has 0 aliphatic carbocycles. The average Bonchev–Trinajstić information content (AvgIpc) is 3.17. The molecule has 0 saturated carbocycles. The topological polar surface area (TPSA) is 85.4 Å². The summed E-state index contributed by atoms with van der Waals surface area (Å²) in [6.45, 7) is 0.269. The Balaban J connectivity index is 1.82. The lowest BCUT2D eigenvalue weighted by molar-refractivity contribution is -0.114. The number of carbonyl (C=O) groups excluding carboxylic acids is 1. The molecule has 0 bridgehead atoms. The largest absolute Gasteiger partial charge is 0.477 e. The molecule has 3 N–H and O–H groups in total. The molecule has 136 valence electrons. The van der Waals surface area contributed by atoms with E-state index in [1.807, 2.05) is 18.2 Å². The number of nitrogens with zero attached hydrogens (tertiary/aromatic N) is 1. The van der Waals surface area contributed by atoms with Gasteiger partial charge in [0.05, 0.1) is 10.7 Å². The first-order chi connectivity index (χ1) is 13.0. The third-order valence-electron chi connectivity index (χ3n) is 4.31. The summed E-state index contributed by atoms with van der Waals surface area (Å²) in [6, 6.07) is 12.3. The van der Waals surface area contributed by atoms with Gasteiger partial charge in [-0.15, -0.1) is 0 Å². The molecule has 0 spiro atoms. The van der Waals surface area contributed by atoms with Crippen LogP contribution < -0.4 is 10.4 Å². The Bertz CT molecular complexity index is 1110. The molecule has 4 rings (SSSR count). The van der Waals surface area contributed by atoms with Crippen molar-refractivity contribution in [2.75, 3.05) is 11.6 Å². The number of fused-ring (bicyclic) bond motifs is 1. The third kappa shape index (κ3) is 3.08. The zero-order chi connectivity index (χ0) is 19.1. The van der Waals surface area contributed by atoms with E-state index in [1.54, 1.807) is 24.3 Å². The zero-order valence-electron chi connectivity index (χ0n) is 13.8. The number of hydrogen-bond acceptors (Lipinski definition) is 3. The Labute approximate surface area is 164 Å². The van der Waals surface area contributed by atoms with E-state index in [-0.39, 0.29) is 18.1 Å². The van der Waals surface area contributed by atoms with Crippen LogP contribution in [0.3, 0.4) is 0 Å². The number of carbonyl (C=O) groups is 2. The Morgan fingerprint density at radius 1 is 1.19 bits per heavy atom. The number of carboxylic acids is 1. The monoisotopic (exact) mass is 401 g/mol. The standard InChI is InChI=1S/C19H13Cl2N3O3/c20-11-7-14(21)16-13(17(19(26)27)23-15(16)8-11)6-10-9-22-24(18(10)25)12-4-2-1-3-5-12/h1-8,22-23H,9H2,(H,26,27). The lowest BCUT2D eigenvalue weighted by Gasteiger charge is -2.14. The number of benzene rings is 2.